The van der Waals surface area contributed by atoms with E-state index in [2.05, 4.69) is 70.2 Å². The van der Waals surface area contributed by atoms with Crippen molar-refractivity contribution in [3.8, 4) is 23.1 Å². The minimum absolute atomic E-state index is 0.104. The van der Waals surface area contributed by atoms with Gasteiger partial charge in [-0.1, -0.05) is 26.0 Å². The number of nitriles is 1. The van der Waals surface area contributed by atoms with Crippen LogP contribution in [0.15, 0.2) is 69.7 Å². The van der Waals surface area contributed by atoms with E-state index in [9.17, 15) is 0 Å². The summed E-state index contributed by atoms with van der Waals surface area (Å²) in [5.74, 6) is 2.13. The Hall–Kier alpha value is -5.03. The van der Waals surface area contributed by atoms with Crippen molar-refractivity contribution in [3.63, 3.8) is 0 Å². The van der Waals surface area contributed by atoms with E-state index < -0.39 is 0 Å². The fraction of sp³-hybridized carbons (Fsp3) is 0.364. The van der Waals surface area contributed by atoms with E-state index in [1.165, 1.54) is 11.9 Å². The second-order valence-corrected chi connectivity index (χ2v) is 10.5. The highest BCUT2D eigenvalue weighted by Gasteiger charge is 2.21. The predicted octanol–water partition coefficient (Wildman–Crippen LogP) is 3.65. The summed E-state index contributed by atoms with van der Waals surface area (Å²) in [5.41, 5.74) is 10.8. The normalized spacial score (nSPS) is 16.3. The number of morpholine rings is 1. The number of benzene rings is 1. The van der Waals surface area contributed by atoms with Crippen LogP contribution in [0.4, 0.5) is 11.6 Å². The Morgan fingerprint density at radius 3 is 2.43 bits per heavy atom. The maximum absolute atomic E-state index is 9.17. The summed E-state index contributed by atoms with van der Waals surface area (Å²) < 4.78 is 7.61. The lowest BCUT2D eigenvalue weighted by Crippen LogP contribution is -2.45. The molecule has 2 aliphatic heterocycles. The van der Waals surface area contributed by atoms with Crippen LogP contribution in [0.25, 0.3) is 28.2 Å². The number of rotatable bonds is 8. The summed E-state index contributed by atoms with van der Waals surface area (Å²) >= 11 is 0. The second-order valence-electron chi connectivity index (χ2n) is 10.5. The Labute approximate surface area is 269 Å². The molecule has 2 saturated heterocycles. The number of aromatic nitrogens is 4. The zero-order chi connectivity index (χ0) is 32.3. The van der Waals surface area contributed by atoms with Crippen molar-refractivity contribution in [3.05, 3.63) is 60.3 Å². The van der Waals surface area contributed by atoms with Gasteiger partial charge in [0.15, 0.2) is 11.5 Å². The third-order valence-corrected chi connectivity index (χ3v) is 7.75. The molecule has 5 heterocycles. The van der Waals surface area contributed by atoms with Gasteiger partial charge in [0.2, 0.25) is 5.84 Å². The van der Waals surface area contributed by atoms with Gasteiger partial charge in [-0.3, -0.25) is 19.4 Å². The first-order valence-electron chi connectivity index (χ1n) is 15.5. The predicted molar refractivity (Wildman–Crippen MR) is 184 cm³/mol. The number of anilines is 2. The summed E-state index contributed by atoms with van der Waals surface area (Å²) in [5, 5.41) is 9.17. The zero-order valence-corrected chi connectivity index (χ0v) is 26.5. The summed E-state index contributed by atoms with van der Waals surface area (Å²) in [6.45, 7) is 15.1. The third kappa shape index (κ3) is 7.60. The van der Waals surface area contributed by atoms with E-state index in [0.717, 1.165) is 74.0 Å². The van der Waals surface area contributed by atoms with Crippen molar-refractivity contribution in [2.24, 2.45) is 15.0 Å². The van der Waals surface area contributed by atoms with E-state index in [1.807, 2.05) is 44.2 Å². The highest BCUT2D eigenvalue weighted by Crippen LogP contribution is 2.31. The number of pyridine rings is 2. The lowest BCUT2D eigenvalue weighted by Gasteiger charge is -2.33. The molecule has 13 nitrogen and oxygen atoms in total. The molecule has 0 spiro atoms. The van der Waals surface area contributed by atoms with Crippen LogP contribution in [0.2, 0.25) is 0 Å². The molecule has 0 amide bonds. The number of amidine groups is 1. The SMILES string of the molecule is C=NC=N/C(C#N)=N\CN1CCN(Cc2ccc(-n3c(-c4cccnc4N)nc4ccc(N5CCOCC5)nc43)cc2)CC1.CC. The summed E-state index contributed by atoms with van der Waals surface area (Å²) in [4.78, 5) is 32.9. The fourth-order valence-corrected chi connectivity index (χ4v) is 5.41. The number of nitrogens with two attached hydrogens (primary N) is 1. The van der Waals surface area contributed by atoms with E-state index in [1.54, 1.807) is 6.20 Å². The standard InChI is InChI=1S/C31H34N12O.C2H6/c1-34-21-36-27(19-32)37-22-41-13-11-40(12-14-41)20-23-4-6-24(7-5-23)43-30(25-3-2-10-35-29(25)33)38-26-8-9-28(39-31(26)43)42-15-17-44-18-16-42;1-2/h2-10,21H,1,11-18,20,22H2,(H2,33,35);1-2H3/b36-21?,37-27-;. The first-order valence-corrected chi connectivity index (χ1v) is 15.5. The molecule has 13 heteroatoms. The smallest absolute Gasteiger partial charge is 0.230 e. The van der Waals surface area contributed by atoms with Crippen LogP contribution in [-0.2, 0) is 11.3 Å². The first kappa shape index (κ1) is 32.4. The highest BCUT2D eigenvalue weighted by molar-refractivity contribution is 6.01. The molecular formula is C33H40N12O. The summed E-state index contributed by atoms with van der Waals surface area (Å²) in [7, 11) is 0. The van der Waals surface area contributed by atoms with Gasteiger partial charge < -0.3 is 15.4 Å². The monoisotopic (exact) mass is 620 g/mol. The van der Waals surface area contributed by atoms with Crippen LogP contribution in [0.1, 0.15) is 19.4 Å². The molecule has 3 aromatic heterocycles. The van der Waals surface area contributed by atoms with Gasteiger partial charge in [0.25, 0.3) is 0 Å². The van der Waals surface area contributed by atoms with E-state index in [4.69, 9.17) is 25.7 Å². The number of fused-ring (bicyclic) bond motifs is 1. The quantitative estimate of drug-likeness (QED) is 0.230. The molecule has 6 rings (SSSR count). The van der Waals surface area contributed by atoms with Crippen molar-refractivity contribution in [1.29, 1.82) is 5.26 Å². The van der Waals surface area contributed by atoms with Crippen LogP contribution in [-0.4, -0.2) is 107 Å². The Morgan fingerprint density at radius 2 is 1.74 bits per heavy atom. The number of imidazole rings is 1. The minimum atomic E-state index is 0.104. The van der Waals surface area contributed by atoms with Gasteiger partial charge in [-0.2, -0.15) is 5.26 Å². The topological polar surface area (TPSA) is 149 Å². The van der Waals surface area contributed by atoms with Crippen LogP contribution in [0, 0.1) is 11.3 Å². The van der Waals surface area contributed by atoms with E-state index in [-0.39, 0.29) is 5.84 Å². The second kappa shape index (κ2) is 15.8. The van der Waals surface area contributed by atoms with Crippen molar-refractivity contribution in [1.82, 2.24) is 29.3 Å². The molecule has 238 valence electrons. The first-order chi connectivity index (χ1) is 22.6. The largest absolute Gasteiger partial charge is 0.383 e. The van der Waals surface area contributed by atoms with Gasteiger partial charge in [0.05, 0.1) is 25.4 Å². The molecule has 0 bridgehead atoms. The number of hydrogen-bond acceptors (Lipinski definition) is 10. The molecule has 46 heavy (non-hydrogen) atoms. The van der Waals surface area contributed by atoms with Crippen LogP contribution in [0.3, 0.4) is 0 Å². The lowest BCUT2D eigenvalue weighted by atomic mass is 10.1. The van der Waals surface area contributed by atoms with Gasteiger partial charge in [-0.05, 0) is 48.7 Å². The average molecular weight is 621 g/mol. The number of aliphatic imine (C=N–C) groups is 3. The molecule has 1 aromatic carbocycles. The van der Waals surface area contributed by atoms with E-state index >= 15 is 0 Å². The molecule has 2 fully saturated rings. The number of piperazine rings is 1. The molecule has 2 N–H and O–H groups in total. The van der Waals surface area contributed by atoms with Crippen molar-refractivity contribution < 1.29 is 4.74 Å². The Morgan fingerprint density at radius 1 is 1.00 bits per heavy atom. The van der Waals surface area contributed by atoms with Gasteiger partial charge in [-0.15, -0.1) is 0 Å². The Bertz CT molecular complexity index is 1710. The molecule has 0 atom stereocenters. The van der Waals surface area contributed by atoms with Gasteiger partial charge >= 0.3 is 0 Å². The summed E-state index contributed by atoms with van der Waals surface area (Å²) in [6, 6.07) is 18.4. The van der Waals surface area contributed by atoms with Crippen molar-refractivity contribution in [2.45, 2.75) is 20.4 Å². The van der Waals surface area contributed by atoms with Crippen molar-refractivity contribution in [2.75, 3.05) is 69.8 Å². The highest BCUT2D eigenvalue weighted by atomic mass is 16.5. The van der Waals surface area contributed by atoms with Gasteiger partial charge in [0, 0.05) is 57.7 Å². The molecule has 0 aliphatic carbocycles. The maximum Gasteiger partial charge on any atom is 0.230 e. The van der Waals surface area contributed by atoms with Crippen LogP contribution in [0.5, 0.6) is 0 Å². The molecule has 0 radical (unpaired) electrons. The maximum atomic E-state index is 9.17. The summed E-state index contributed by atoms with van der Waals surface area (Å²) in [6.07, 6.45) is 2.91. The van der Waals surface area contributed by atoms with Crippen LogP contribution < -0.4 is 10.6 Å². The van der Waals surface area contributed by atoms with Crippen LogP contribution >= 0.6 is 0 Å². The molecule has 2 aliphatic rings. The molecule has 4 aromatic rings. The third-order valence-electron chi connectivity index (χ3n) is 7.75. The number of nitrogen functional groups attached to an aromatic ring is 1. The zero-order valence-electron chi connectivity index (χ0n) is 26.5. The number of ether oxygens (including phenoxy) is 1. The van der Waals surface area contributed by atoms with Crippen molar-refractivity contribution >= 4 is 41.7 Å². The minimum Gasteiger partial charge on any atom is -0.383 e. The van der Waals surface area contributed by atoms with Gasteiger partial charge in [-0.25, -0.2) is 24.9 Å². The molecule has 0 saturated carbocycles. The Kier molecular flexibility index (Phi) is 11.1. The van der Waals surface area contributed by atoms with Gasteiger partial charge in [0.1, 0.15) is 29.6 Å². The molecule has 0 unspecified atom stereocenters. The molecular weight excluding hydrogens is 580 g/mol. The average Bonchev–Trinajstić information content (AvgIpc) is 3.49. The fourth-order valence-electron chi connectivity index (χ4n) is 5.41. The Balaban J connectivity index is 0.00000204. The lowest BCUT2D eigenvalue weighted by molar-refractivity contribution is 0.122. The number of hydrogen-bond donors (Lipinski definition) is 1. The van der Waals surface area contributed by atoms with E-state index in [0.29, 0.717) is 31.5 Å². The number of nitrogens with zero attached hydrogens (tertiary/aromatic N) is 11.